The highest BCUT2D eigenvalue weighted by Crippen LogP contribution is 2.34. The molecule has 2 aromatic carbocycles. The van der Waals surface area contributed by atoms with Gasteiger partial charge in [0.25, 0.3) is 5.91 Å². The molecule has 0 saturated heterocycles. The van der Waals surface area contributed by atoms with E-state index in [0.717, 1.165) is 36.6 Å². The number of aliphatic hydroxyl groups is 1. The SMILES string of the molecule is CN1C(=O)CCc2ccc(NC(=O)c3ccc(C(F)(F)F)cc3N[C@H]3CCCC[C@@H]3O)cc21. The Morgan fingerprint density at radius 2 is 1.85 bits per heavy atom. The minimum absolute atomic E-state index is 0.0220. The van der Waals surface area contributed by atoms with E-state index in [-0.39, 0.29) is 17.2 Å². The summed E-state index contributed by atoms with van der Waals surface area (Å²) in [6.45, 7) is 0. The van der Waals surface area contributed by atoms with Crippen molar-refractivity contribution in [2.24, 2.45) is 0 Å². The first-order chi connectivity index (χ1) is 15.6. The van der Waals surface area contributed by atoms with E-state index in [1.165, 1.54) is 4.90 Å². The second kappa shape index (κ2) is 9.05. The summed E-state index contributed by atoms with van der Waals surface area (Å²) in [6, 6.07) is 7.72. The van der Waals surface area contributed by atoms with E-state index in [4.69, 9.17) is 0 Å². The molecule has 0 bridgehead atoms. The number of carbonyl (C=O) groups excluding carboxylic acids is 2. The minimum atomic E-state index is -4.56. The molecule has 0 radical (unpaired) electrons. The van der Waals surface area contributed by atoms with Crippen LogP contribution in [0.4, 0.5) is 30.2 Å². The topological polar surface area (TPSA) is 81.7 Å². The van der Waals surface area contributed by atoms with E-state index >= 15 is 0 Å². The largest absolute Gasteiger partial charge is 0.416 e. The molecule has 9 heteroatoms. The van der Waals surface area contributed by atoms with Gasteiger partial charge in [-0.05, 0) is 55.2 Å². The number of aliphatic hydroxyl groups excluding tert-OH is 1. The average Bonchev–Trinajstić information content (AvgIpc) is 2.77. The van der Waals surface area contributed by atoms with Gasteiger partial charge in [-0.1, -0.05) is 18.9 Å². The van der Waals surface area contributed by atoms with Gasteiger partial charge in [-0.3, -0.25) is 9.59 Å². The molecule has 2 amide bonds. The summed E-state index contributed by atoms with van der Waals surface area (Å²) in [5.74, 6) is -0.604. The van der Waals surface area contributed by atoms with E-state index in [9.17, 15) is 27.9 Å². The molecule has 0 unspecified atom stereocenters. The average molecular weight is 461 g/mol. The fourth-order valence-corrected chi connectivity index (χ4v) is 4.42. The Morgan fingerprint density at radius 3 is 2.58 bits per heavy atom. The summed E-state index contributed by atoms with van der Waals surface area (Å²) in [5, 5.41) is 16.0. The summed E-state index contributed by atoms with van der Waals surface area (Å²) >= 11 is 0. The summed E-state index contributed by atoms with van der Waals surface area (Å²) in [7, 11) is 1.67. The smallest absolute Gasteiger partial charge is 0.391 e. The fraction of sp³-hybridized carbons (Fsp3) is 0.417. The quantitative estimate of drug-likeness (QED) is 0.623. The highest BCUT2D eigenvalue weighted by atomic mass is 19.4. The third-order valence-electron chi connectivity index (χ3n) is 6.35. The number of alkyl halides is 3. The number of fused-ring (bicyclic) bond motifs is 1. The first kappa shape index (κ1) is 23.1. The highest BCUT2D eigenvalue weighted by molar-refractivity contribution is 6.08. The van der Waals surface area contributed by atoms with Gasteiger partial charge >= 0.3 is 6.18 Å². The molecule has 1 saturated carbocycles. The molecule has 2 atom stereocenters. The van der Waals surface area contributed by atoms with Gasteiger partial charge in [0.2, 0.25) is 5.91 Å². The summed E-state index contributed by atoms with van der Waals surface area (Å²) < 4.78 is 40.0. The van der Waals surface area contributed by atoms with Crippen LogP contribution in [0.5, 0.6) is 0 Å². The highest BCUT2D eigenvalue weighted by Gasteiger charge is 2.33. The van der Waals surface area contributed by atoms with Crippen LogP contribution in [-0.2, 0) is 17.4 Å². The Morgan fingerprint density at radius 1 is 1.09 bits per heavy atom. The molecule has 1 heterocycles. The molecule has 4 rings (SSSR count). The number of nitrogens with one attached hydrogen (secondary N) is 2. The van der Waals surface area contributed by atoms with Crippen LogP contribution < -0.4 is 15.5 Å². The number of nitrogens with zero attached hydrogens (tertiary/aromatic N) is 1. The Labute approximate surface area is 189 Å². The lowest BCUT2D eigenvalue weighted by atomic mass is 9.92. The van der Waals surface area contributed by atoms with Gasteiger partial charge in [-0.25, -0.2) is 0 Å². The van der Waals surface area contributed by atoms with Gasteiger partial charge < -0.3 is 20.6 Å². The predicted molar refractivity (Wildman–Crippen MR) is 119 cm³/mol. The zero-order valence-electron chi connectivity index (χ0n) is 18.2. The first-order valence-electron chi connectivity index (χ1n) is 11.0. The summed E-state index contributed by atoms with van der Waals surface area (Å²) in [5.41, 5.74) is 1.31. The van der Waals surface area contributed by atoms with Crippen molar-refractivity contribution in [2.45, 2.75) is 56.8 Å². The Balaban J connectivity index is 1.62. The molecule has 33 heavy (non-hydrogen) atoms. The maximum absolute atomic E-state index is 13.3. The van der Waals surface area contributed by atoms with Crippen molar-refractivity contribution in [3.05, 3.63) is 53.1 Å². The summed E-state index contributed by atoms with van der Waals surface area (Å²) in [6.07, 6.45) is -1.37. The van der Waals surface area contributed by atoms with E-state index in [1.54, 1.807) is 19.2 Å². The number of rotatable bonds is 4. The zero-order valence-corrected chi connectivity index (χ0v) is 18.2. The van der Waals surface area contributed by atoms with Gasteiger partial charge in [0.1, 0.15) is 0 Å². The maximum atomic E-state index is 13.3. The number of hydrogen-bond donors (Lipinski definition) is 3. The van der Waals surface area contributed by atoms with Gasteiger partial charge in [-0.2, -0.15) is 13.2 Å². The molecular weight excluding hydrogens is 435 g/mol. The van der Waals surface area contributed by atoms with Gasteiger partial charge in [0.15, 0.2) is 0 Å². The number of carbonyl (C=O) groups is 2. The number of amides is 2. The number of anilines is 3. The van der Waals surface area contributed by atoms with Crippen LogP contribution in [0, 0.1) is 0 Å². The second-order valence-electron chi connectivity index (χ2n) is 8.61. The van der Waals surface area contributed by atoms with E-state index < -0.39 is 29.8 Å². The molecule has 1 fully saturated rings. The van der Waals surface area contributed by atoms with E-state index in [1.807, 2.05) is 6.07 Å². The molecule has 6 nitrogen and oxygen atoms in total. The van der Waals surface area contributed by atoms with Gasteiger partial charge in [0, 0.05) is 30.5 Å². The van der Waals surface area contributed by atoms with Crippen molar-refractivity contribution < 1.29 is 27.9 Å². The van der Waals surface area contributed by atoms with Crippen molar-refractivity contribution in [2.75, 3.05) is 22.6 Å². The number of benzene rings is 2. The molecule has 0 spiro atoms. The third-order valence-corrected chi connectivity index (χ3v) is 6.35. The van der Waals surface area contributed by atoms with Crippen LogP contribution in [0.3, 0.4) is 0 Å². The number of aryl methyl sites for hydroxylation is 1. The molecule has 1 aliphatic carbocycles. The standard InChI is InChI=1S/C24H26F3N3O3/c1-30-20-13-16(9-6-14(20)7-11-22(30)32)28-23(33)17-10-8-15(24(25,26)27)12-19(17)29-18-4-2-3-5-21(18)31/h6,8-10,12-13,18,21,29,31H,2-5,7,11H2,1H3,(H,28,33)/t18-,21-/m0/s1. The fourth-order valence-electron chi connectivity index (χ4n) is 4.42. The molecular formula is C24H26F3N3O3. The Bertz CT molecular complexity index is 1070. The normalized spacial score (nSPS) is 20.9. The Hall–Kier alpha value is -3.07. The maximum Gasteiger partial charge on any atom is 0.416 e. The molecule has 2 aliphatic rings. The predicted octanol–water partition coefficient (Wildman–Crippen LogP) is 4.58. The van der Waals surface area contributed by atoms with Crippen LogP contribution in [0.1, 0.15) is 53.6 Å². The number of halogens is 3. The molecule has 3 N–H and O–H groups in total. The van der Waals surface area contributed by atoms with Gasteiger partial charge in [-0.15, -0.1) is 0 Å². The van der Waals surface area contributed by atoms with Gasteiger partial charge in [0.05, 0.1) is 23.3 Å². The minimum Gasteiger partial charge on any atom is -0.391 e. The van der Waals surface area contributed by atoms with Crippen molar-refractivity contribution in [3.63, 3.8) is 0 Å². The van der Waals surface area contributed by atoms with E-state index in [2.05, 4.69) is 10.6 Å². The van der Waals surface area contributed by atoms with Crippen molar-refractivity contribution in [1.29, 1.82) is 0 Å². The second-order valence-corrected chi connectivity index (χ2v) is 8.61. The Kier molecular flexibility index (Phi) is 6.34. The lowest BCUT2D eigenvalue weighted by Crippen LogP contribution is -2.37. The molecule has 2 aromatic rings. The van der Waals surface area contributed by atoms with Crippen molar-refractivity contribution in [1.82, 2.24) is 0 Å². The van der Waals surface area contributed by atoms with Crippen molar-refractivity contribution in [3.8, 4) is 0 Å². The molecule has 0 aromatic heterocycles. The zero-order chi connectivity index (χ0) is 23.8. The van der Waals surface area contributed by atoms with E-state index in [0.29, 0.717) is 37.1 Å². The van der Waals surface area contributed by atoms with Crippen LogP contribution in [-0.4, -0.2) is 36.1 Å². The lowest BCUT2D eigenvalue weighted by Gasteiger charge is -2.30. The first-order valence-corrected chi connectivity index (χ1v) is 11.0. The van der Waals surface area contributed by atoms with Crippen LogP contribution in [0.15, 0.2) is 36.4 Å². The van der Waals surface area contributed by atoms with Crippen molar-refractivity contribution >= 4 is 28.9 Å². The number of hydrogen-bond acceptors (Lipinski definition) is 4. The monoisotopic (exact) mass is 461 g/mol. The molecule has 1 aliphatic heterocycles. The van der Waals surface area contributed by atoms with Crippen LogP contribution >= 0.6 is 0 Å². The summed E-state index contributed by atoms with van der Waals surface area (Å²) in [4.78, 5) is 26.6. The lowest BCUT2D eigenvalue weighted by molar-refractivity contribution is -0.137. The molecule has 176 valence electrons. The van der Waals surface area contributed by atoms with Crippen LogP contribution in [0.2, 0.25) is 0 Å². The third kappa shape index (κ3) is 4.98. The van der Waals surface area contributed by atoms with Crippen LogP contribution in [0.25, 0.3) is 0 Å².